The van der Waals surface area contributed by atoms with Crippen LogP contribution in [0.15, 0.2) is 41.8 Å². The summed E-state index contributed by atoms with van der Waals surface area (Å²) in [5, 5.41) is 11.9. The van der Waals surface area contributed by atoms with Crippen molar-refractivity contribution in [2.75, 3.05) is 17.9 Å². The number of benzene rings is 1. The Morgan fingerprint density at radius 1 is 1.19 bits per heavy atom. The van der Waals surface area contributed by atoms with E-state index in [1.807, 2.05) is 11.5 Å². The number of hydrogen-bond acceptors (Lipinski definition) is 9. The maximum atomic E-state index is 12.4. The highest BCUT2D eigenvalue weighted by Crippen LogP contribution is 2.40. The van der Waals surface area contributed by atoms with Gasteiger partial charge in [-0.3, -0.25) is 14.6 Å². The van der Waals surface area contributed by atoms with Crippen molar-refractivity contribution >= 4 is 29.3 Å². The highest BCUT2D eigenvalue weighted by atomic mass is 32.2. The molecule has 160 valence electrons. The fourth-order valence-electron chi connectivity index (χ4n) is 2.97. The number of pyridine rings is 1. The van der Waals surface area contributed by atoms with Crippen LogP contribution in [0.5, 0.6) is 17.2 Å². The SMILES string of the molecule is CCn1c(SCC(=O)Nc2ccc(OC(C)=O)cc2)nnc1-c1cncc2c1OCO2. The maximum absolute atomic E-state index is 12.4. The Hall–Kier alpha value is -3.60. The molecule has 0 unspecified atom stereocenters. The summed E-state index contributed by atoms with van der Waals surface area (Å²) >= 11 is 1.27. The molecule has 0 radical (unpaired) electrons. The summed E-state index contributed by atoms with van der Waals surface area (Å²) in [5.74, 6) is 1.72. The van der Waals surface area contributed by atoms with E-state index in [9.17, 15) is 9.59 Å². The number of anilines is 1. The molecule has 0 atom stereocenters. The minimum absolute atomic E-state index is 0.137. The number of carbonyl (C=O) groups is 2. The van der Waals surface area contributed by atoms with Crippen molar-refractivity contribution in [1.29, 1.82) is 0 Å². The molecule has 3 heterocycles. The molecular formula is C20H19N5O5S. The lowest BCUT2D eigenvalue weighted by molar-refractivity contribution is -0.131. The van der Waals surface area contributed by atoms with Gasteiger partial charge in [-0.1, -0.05) is 11.8 Å². The number of fused-ring (bicyclic) bond motifs is 1. The number of amides is 1. The molecule has 0 spiro atoms. The van der Waals surface area contributed by atoms with Gasteiger partial charge in [0.25, 0.3) is 0 Å². The summed E-state index contributed by atoms with van der Waals surface area (Å²) in [4.78, 5) is 27.5. The van der Waals surface area contributed by atoms with E-state index in [0.717, 1.165) is 0 Å². The van der Waals surface area contributed by atoms with E-state index in [0.29, 0.717) is 46.0 Å². The molecule has 3 aromatic rings. The minimum Gasteiger partial charge on any atom is -0.453 e. The van der Waals surface area contributed by atoms with Gasteiger partial charge < -0.3 is 24.1 Å². The largest absolute Gasteiger partial charge is 0.453 e. The van der Waals surface area contributed by atoms with Gasteiger partial charge in [-0.05, 0) is 31.2 Å². The number of ether oxygens (including phenoxy) is 3. The fourth-order valence-corrected chi connectivity index (χ4v) is 3.77. The van der Waals surface area contributed by atoms with Gasteiger partial charge in [0.2, 0.25) is 12.7 Å². The first-order valence-electron chi connectivity index (χ1n) is 9.43. The first-order valence-corrected chi connectivity index (χ1v) is 10.4. The van der Waals surface area contributed by atoms with Crippen LogP contribution in [0, 0.1) is 0 Å². The van der Waals surface area contributed by atoms with Gasteiger partial charge in [-0.2, -0.15) is 0 Å². The molecule has 1 aromatic carbocycles. The van der Waals surface area contributed by atoms with Crippen LogP contribution in [-0.2, 0) is 16.1 Å². The number of esters is 1. The lowest BCUT2D eigenvalue weighted by atomic mass is 10.2. The van der Waals surface area contributed by atoms with Crippen LogP contribution >= 0.6 is 11.8 Å². The molecule has 4 rings (SSSR count). The van der Waals surface area contributed by atoms with Gasteiger partial charge in [0.15, 0.2) is 22.5 Å². The van der Waals surface area contributed by atoms with E-state index in [-0.39, 0.29) is 18.5 Å². The van der Waals surface area contributed by atoms with E-state index in [4.69, 9.17) is 14.2 Å². The molecule has 1 N–H and O–H groups in total. The molecular weight excluding hydrogens is 422 g/mol. The highest BCUT2D eigenvalue weighted by Gasteiger charge is 2.24. The molecule has 2 aromatic heterocycles. The molecule has 11 heteroatoms. The lowest BCUT2D eigenvalue weighted by Gasteiger charge is -2.09. The van der Waals surface area contributed by atoms with Gasteiger partial charge in [0.05, 0.1) is 17.5 Å². The number of nitrogens with one attached hydrogen (secondary N) is 1. The number of rotatable bonds is 7. The zero-order valence-electron chi connectivity index (χ0n) is 16.8. The van der Waals surface area contributed by atoms with Crippen LogP contribution in [0.25, 0.3) is 11.4 Å². The summed E-state index contributed by atoms with van der Waals surface area (Å²) in [5.41, 5.74) is 1.29. The minimum atomic E-state index is -0.400. The topological polar surface area (TPSA) is 117 Å². The van der Waals surface area contributed by atoms with Crippen LogP contribution in [0.1, 0.15) is 13.8 Å². The van der Waals surface area contributed by atoms with Crippen LogP contribution in [0.3, 0.4) is 0 Å². The number of carbonyl (C=O) groups excluding carboxylic acids is 2. The van der Waals surface area contributed by atoms with Crippen molar-refractivity contribution in [3.63, 3.8) is 0 Å². The molecule has 1 aliphatic heterocycles. The third-order valence-electron chi connectivity index (χ3n) is 4.29. The second-order valence-electron chi connectivity index (χ2n) is 6.43. The lowest BCUT2D eigenvalue weighted by Crippen LogP contribution is -2.14. The predicted molar refractivity (Wildman–Crippen MR) is 112 cm³/mol. The molecule has 0 bridgehead atoms. The summed E-state index contributed by atoms with van der Waals surface area (Å²) in [6.07, 6.45) is 3.25. The Balaban J connectivity index is 1.42. The zero-order valence-corrected chi connectivity index (χ0v) is 17.6. The van der Waals surface area contributed by atoms with E-state index >= 15 is 0 Å². The molecule has 1 aliphatic rings. The summed E-state index contributed by atoms with van der Waals surface area (Å²) in [6.45, 7) is 4.04. The standard InChI is InChI=1S/C20H19N5O5S/c1-3-25-19(15-8-21-9-16-18(15)29-11-28-16)23-24-20(25)31-10-17(27)22-13-4-6-14(7-5-13)30-12(2)26/h4-9H,3,10-11H2,1-2H3,(H,22,27). The van der Waals surface area contributed by atoms with Gasteiger partial charge in [-0.15, -0.1) is 10.2 Å². The second kappa shape index (κ2) is 9.04. The second-order valence-corrected chi connectivity index (χ2v) is 7.37. The third-order valence-corrected chi connectivity index (χ3v) is 5.25. The number of nitrogens with zero attached hydrogens (tertiary/aromatic N) is 4. The van der Waals surface area contributed by atoms with Gasteiger partial charge in [0.1, 0.15) is 5.75 Å². The maximum Gasteiger partial charge on any atom is 0.308 e. The summed E-state index contributed by atoms with van der Waals surface area (Å²) in [6, 6.07) is 6.56. The van der Waals surface area contributed by atoms with Crippen molar-refractivity contribution in [3.05, 3.63) is 36.7 Å². The summed E-state index contributed by atoms with van der Waals surface area (Å²) in [7, 11) is 0. The molecule has 31 heavy (non-hydrogen) atoms. The molecule has 1 amide bonds. The van der Waals surface area contributed by atoms with E-state index in [1.54, 1.807) is 36.7 Å². The highest BCUT2D eigenvalue weighted by molar-refractivity contribution is 7.99. The molecule has 0 saturated carbocycles. The quantitative estimate of drug-likeness (QED) is 0.335. The van der Waals surface area contributed by atoms with Crippen molar-refractivity contribution in [1.82, 2.24) is 19.7 Å². The third kappa shape index (κ3) is 4.61. The van der Waals surface area contributed by atoms with Gasteiger partial charge >= 0.3 is 5.97 Å². The Kier molecular flexibility index (Phi) is 6.03. The first kappa shape index (κ1) is 20.7. The van der Waals surface area contributed by atoms with Crippen molar-refractivity contribution < 1.29 is 23.8 Å². The molecule has 0 saturated heterocycles. The van der Waals surface area contributed by atoms with E-state index in [2.05, 4.69) is 20.5 Å². The van der Waals surface area contributed by atoms with Gasteiger partial charge in [0, 0.05) is 25.4 Å². The smallest absolute Gasteiger partial charge is 0.308 e. The van der Waals surface area contributed by atoms with Crippen LogP contribution in [0.4, 0.5) is 5.69 Å². The van der Waals surface area contributed by atoms with Crippen molar-refractivity contribution in [2.45, 2.75) is 25.5 Å². The Morgan fingerprint density at radius 3 is 2.74 bits per heavy atom. The number of thioether (sulfide) groups is 1. The van der Waals surface area contributed by atoms with E-state index < -0.39 is 5.97 Å². The fraction of sp³-hybridized carbons (Fsp3) is 0.250. The van der Waals surface area contributed by atoms with Crippen LogP contribution < -0.4 is 19.5 Å². The summed E-state index contributed by atoms with van der Waals surface area (Å²) < 4.78 is 17.8. The Morgan fingerprint density at radius 2 is 2.00 bits per heavy atom. The number of hydrogen-bond donors (Lipinski definition) is 1. The van der Waals surface area contributed by atoms with E-state index in [1.165, 1.54) is 18.7 Å². The predicted octanol–water partition coefficient (Wildman–Crippen LogP) is 2.74. The molecule has 10 nitrogen and oxygen atoms in total. The number of aromatic nitrogens is 4. The Bertz CT molecular complexity index is 1120. The van der Waals surface area contributed by atoms with Crippen molar-refractivity contribution in [2.24, 2.45) is 0 Å². The Labute approximate surface area is 181 Å². The first-order chi connectivity index (χ1) is 15.0. The normalized spacial score (nSPS) is 11.9. The molecule has 0 aliphatic carbocycles. The monoisotopic (exact) mass is 441 g/mol. The van der Waals surface area contributed by atoms with Crippen molar-refractivity contribution in [3.8, 4) is 28.6 Å². The van der Waals surface area contributed by atoms with Crippen LogP contribution in [-0.4, -0.2) is 44.2 Å². The van der Waals surface area contributed by atoms with Crippen LogP contribution in [0.2, 0.25) is 0 Å². The average molecular weight is 441 g/mol. The average Bonchev–Trinajstić information content (AvgIpc) is 3.39. The zero-order chi connectivity index (χ0) is 21.8. The van der Waals surface area contributed by atoms with Gasteiger partial charge in [-0.25, -0.2) is 0 Å². The molecule has 0 fully saturated rings.